The first-order chi connectivity index (χ1) is 15.3. The maximum absolute atomic E-state index is 13.4. The average Bonchev–Trinajstić information content (AvgIpc) is 3.29. The molecule has 0 amide bonds. The maximum Gasteiger partial charge on any atom is 0.417 e. The Bertz CT molecular complexity index is 1140. The molecule has 166 valence electrons. The Balaban J connectivity index is 1.66. The number of aromatic amines is 1. The van der Waals surface area contributed by atoms with E-state index in [1.165, 1.54) is 12.1 Å². The minimum atomic E-state index is -4.58. The van der Waals surface area contributed by atoms with E-state index in [0.29, 0.717) is 11.5 Å². The van der Waals surface area contributed by atoms with Gasteiger partial charge in [-0.05, 0) is 54.5 Å². The molecule has 0 fully saturated rings. The van der Waals surface area contributed by atoms with Crippen LogP contribution >= 0.6 is 11.6 Å². The normalized spacial score (nSPS) is 16.2. The SMILES string of the molecule is CCCc1cccc(OC2=CC(c3nn[nH]n3)N(c3ccc(Cl)c(C(F)(F)F)c3)C=C2)c1. The van der Waals surface area contributed by atoms with Gasteiger partial charge in [-0.15, -0.1) is 10.2 Å². The summed E-state index contributed by atoms with van der Waals surface area (Å²) in [6.45, 7) is 2.10. The number of tetrazole rings is 1. The summed E-state index contributed by atoms with van der Waals surface area (Å²) >= 11 is 5.78. The van der Waals surface area contributed by atoms with E-state index < -0.39 is 17.8 Å². The van der Waals surface area contributed by atoms with Crippen LogP contribution in [0.3, 0.4) is 0 Å². The molecule has 32 heavy (non-hydrogen) atoms. The molecule has 1 aliphatic heterocycles. The van der Waals surface area contributed by atoms with Gasteiger partial charge < -0.3 is 9.64 Å². The first kappa shape index (κ1) is 21.9. The molecule has 2 heterocycles. The standard InChI is InChI=1S/C22H19ClF3N5O/c1-2-4-14-5-3-6-16(11-14)32-17-9-10-31(20(13-17)21-27-29-30-28-21)15-7-8-19(23)18(12-15)22(24,25)26/h3,5-13,20H,2,4H2,1H3,(H,27,28,29,30). The fourth-order valence-electron chi connectivity index (χ4n) is 3.43. The maximum atomic E-state index is 13.4. The number of aromatic nitrogens is 4. The highest BCUT2D eigenvalue weighted by molar-refractivity contribution is 6.31. The van der Waals surface area contributed by atoms with Crippen LogP contribution in [-0.2, 0) is 12.6 Å². The lowest BCUT2D eigenvalue weighted by atomic mass is 10.1. The predicted molar refractivity (Wildman–Crippen MR) is 114 cm³/mol. The fourth-order valence-corrected chi connectivity index (χ4v) is 3.65. The van der Waals surface area contributed by atoms with E-state index in [-0.39, 0.29) is 16.5 Å². The van der Waals surface area contributed by atoms with Gasteiger partial charge in [0.1, 0.15) is 17.6 Å². The molecule has 1 aromatic heterocycles. The van der Waals surface area contributed by atoms with Crippen LogP contribution < -0.4 is 9.64 Å². The summed E-state index contributed by atoms with van der Waals surface area (Å²) in [4.78, 5) is 1.59. The number of H-pyrrole nitrogens is 1. The molecule has 4 rings (SSSR count). The molecule has 1 unspecified atom stereocenters. The van der Waals surface area contributed by atoms with Gasteiger partial charge in [0.2, 0.25) is 5.82 Å². The number of hydrogen-bond acceptors (Lipinski definition) is 5. The van der Waals surface area contributed by atoms with E-state index in [1.807, 2.05) is 24.3 Å². The summed E-state index contributed by atoms with van der Waals surface area (Å²) in [5.41, 5.74) is 0.506. The van der Waals surface area contributed by atoms with Crippen LogP contribution in [0.2, 0.25) is 5.02 Å². The van der Waals surface area contributed by atoms with Crippen molar-refractivity contribution in [2.45, 2.75) is 32.0 Å². The highest BCUT2D eigenvalue weighted by atomic mass is 35.5. The van der Waals surface area contributed by atoms with Crippen LogP contribution in [0, 0.1) is 0 Å². The lowest BCUT2D eigenvalue weighted by Crippen LogP contribution is -2.26. The molecule has 0 saturated carbocycles. The molecule has 0 saturated heterocycles. The number of alkyl halides is 3. The van der Waals surface area contributed by atoms with E-state index >= 15 is 0 Å². The fraction of sp³-hybridized carbons (Fsp3) is 0.227. The van der Waals surface area contributed by atoms with Gasteiger partial charge in [0.25, 0.3) is 0 Å². The summed E-state index contributed by atoms with van der Waals surface area (Å²) in [5.74, 6) is 1.45. The Morgan fingerprint density at radius 2 is 2.03 bits per heavy atom. The highest BCUT2D eigenvalue weighted by Gasteiger charge is 2.35. The van der Waals surface area contributed by atoms with Crippen molar-refractivity contribution in [3.05, 3.63) is 88.5 Å². The Labute approximate surface area is 187 Å². The van der Waals surface area contributed by atoms with Gasteiger partial charge in [-0.3, -0.25) is 0 Å². The number of benzene rings is 2. The lowest BCUT2D eigenvalue weighted by Gasteiger charge is -2.30. The number of nitrogens with one attached hydrogen (secondary N) is 1. The van der Waals surface area contributed by atoms with Crippen LogP contribution in [0.4, 0.5) is 18.9 Å². The van der Waals surface area contributed by atoms with E-state index in [9.17, 15) is 13.2 Å². The second kappa shape index (κ2) is 9.04. The molecular weight excluding hydrogens is 443 g/mol. The minimum Gasteiger partial charge on any atom is -0.458 e. The Morgan fingerprint density at radius 3 is 2.75 bits per heavy atom. The van der Waals surface area contributed by atoms with Gasteiger partial charge in [-0.25, -0.2) is 0 Å². The van der Waals surface area contributed by atoms with Crippen molar-refractivity contribution in [2.24, 2.45) is 0 Å². The number of allylic oxidation sites excluding steroid dienone is 1. The molecule has 6 nitrogen and oxygen atoms in total. The molecule has 1 aliphatic rings. The summed E-state index contributed by atoms with van der Waals surface area (Å²) in [7, 11) is 0. The van der Waals surface area contributed by atoms with E-state index in [1.54, 1.807) is 23.3 Å². The van der Waals surface area contributed by atoms with Gasteiger partial charge in [0, 0.05) is 11.9 Å². The van der Waals surface area contributed by atoms with Crippen molar-refractivity contribution in [1.29, 1.82) is 0 Å². The van der Waals surface area contributed by atoms with Gasteiger partial charge in [-0.1, -0.05) is 42.3 Å². The zero-order chi connectivity index (χ0) is 22.7. The zero-order valence-electron chi connectivity index (χ0n) is 17.0. The number of aryl methyl sites for hydroxylation is 1. The van der Waals surface area contributed by atoms with Gasteiger partial charge in [0.15, 0.2) is 0 Å². The van der Waals surface area contributed by atoms with Gasteiger partial charge >= 0.3 is 6.18 Å². The Kier molecular flexibility index (Phi) is 6.18. The third-order valence-corrected chi connectivity index (χ3v) is 5.20. The molecular formula is C22H19ClF3N5O. The van der Waals surface area contributed by atoms with Crippen molar-refractivity contribution in [3.63, 3.8) is 0 Å². The number of ether oxygens (including phenoxy) is 1. The zero-order valence-corrected chi connectivity index (χ0v) is 17.7. The van der Waals surface area contributed by atoms with Crippen molar-refractivity contribution in [1.82, 2.24) is 20.6 Å². The highest BCUT2D eigenvalue weighted by Crippen LogP contribution is 2.39. The number of hydrogen-bond donors (Lipinski definition) is 1. The van der Waals surface area contributed by atoms with E-state index in [4.69, 9.17) is 16.3 Å². The number of rotatable bonds is 6. The molecule has 0 radical (unpaired) electrons. The van der Waals surface area contributed by atoms with Crippen LogP contribution in [0.15, 0.2) is 66.6 Å². The molecule has 10 heteroatoms. The van der Waals surface area contributed by atoms with Gasteiger partial charge in [-0.2, -0.15) is 18.4 Å². The number of halogens is 4. The molecule has 0 bridgehead atoms. The second-order valence-electron chi connectivity index (χ2n) is 7.17. The third kappa shape index (κ3) is 4.77. The largest absolute Gasteiger partial charge is 0.458 e. The average molecular weight is 462 g/mol. The topological polar surface area (TPSA) is 66.9 Å². The molecule has 3 aromatic rings. The first-order valence-electron chi connectivity index (χ1n) is 9.90. The van der Waals surface area contributed by atoms with Crippen molar-refractivity contribution < 1.29 is 17.9 Å². The van der Waals surface area contributed by atoms with E-state index in [0.717, 1.165) is 24.5 Å². The number of anilines is 1. The monoisotopic (exact) mass is 461 g/mol. The molecule has 0 spiro atoms. The van der Waals surface area contributed by atoms with Crippen LogP contribution in [0.25, 0.3) is 0 Å². The summed E-state index contributed by atoms with van der Waals surface area (Å²) in [6, 6.07) is 10.8. The van der Waals surface area contributed by atoms with Crippen molar-refractivity contribution >= 4 is 17.3 Å². The first-order valence-corrected chi connectivity index (χ1v) is 10.3. The summed E-state index contributed by atoms with van der Waals surface area (Å²) < 4.78 is 46.1. The smallest absolute Gasteiger partial charge is 0.417 e. The lowest BCUT2D eigenvalue weighted by molar-refractivity contribution is -0.137. The predicted octanol–water partition coefficient (Wildman–Crippen LogP) is 5.86. The molecule has 0 aliphatic carbocycles. The third-order valence-electron chi connectivity index (χ3n) is 4.87. The van der Waals surface area contributed by atoms with Crippen LogP contribution in [0.5, 0.6) is 5.75 Å². The Morgan fingerprint density at radius 1 is 1.19 bits per heavy atom. The second-order valence-corrected chi connectivity index (χ2v) is 7.58. The molecule has 1 atom stereocenters. The minimum absolute atomic E-state index is 0.271. The van der Waals surface area contributed by atoms with E-state index in [2.05, 4.69) is 27.5 Å². The van der Waals surface area contributed by atoms with Crippen LogP contribution in [0.1, 0.15) is 36.3 Å². The molecule has 2 aromatic carbocycles. The van der Waals surface area contributed by atoms with Crippen molar-refractivity contribution in [3.8, 4) is 5.75 Å². The van der Waals surface area contributed by atoms with Crippen LogP contribution in [-0.4, -0.2) is 20.6 Å². The van der Waals surface area contributed by atoms with Crippen molar-refractivity contribution in [2.75, 3.05) is 4.90 Å². The molecule has 1 N–H and O–H groups in total. The quantitative estimate of drug-likeness (QED) is 0.498. The summed E-state index contributed by atoms with van der Waals surface area (Å²) in [5, 5.41) is 13.6. The Hall–Kier alpha value is -3.33. The van der Waals surface area contributed by atoms with Gasteiger partial charge in [0.05, 0.1) is 10.6 Å². The number of nitrogens with zero attached hydrogens (tertiary/aromatic N) is 4. The summed E-state index contributed by atoms with van der Waals surface area (Å²) in [6.07, 6.45) is 2.38.